The topological polar surface area (TPSA) is 79.8 Å². The highest BCUT2D eigenvalue weighted by atomic mass is 19.1. The summed E-state index contributed by atoms with van der Waals surface area (Å²) in [7, 11) is 1.58. The Labute approximate surface area is 172 Å². The van der Waals surface area contributed by atoms with E-state index in [2.05, 4.69) is 25.8 Å². The van der Waals surface area contributed by atoms with Gasteiger partial charge in [0.05, 0.1) is 11.4 Å². The van der Waals surface area contributed by atoms with Crippen LogP contribution < -0.4 is 10.6 Å². The van der Waals surface area contributed by atoms with Gasteiger partial charge in [0, 0.05) is 36.3 Å². The van der Waals surface area contributed by atoms with E-state index < -0.39 is 17.4 Å². The number of pyridine rings is 1. The Morgan fingerprint density at radius 3 is 2.67 bits per heavy atom. The van der Waals surface area contributed by atoms with Gasteiger partial charge in [-0.1, -0.05) is 12.1 Å². The van der Waals surface area contributed by atoms with Gasteiger partial charge in [0.2, 0.25) is 0 Å². The molecule has 1 fully saturated rings. The molecule has 2 heterocycles. The van der Waals surface area contributed by atoms with Crippen molar-refractivity contribution in [3.8, 4) is 11.3 Å². The standard InChI is InChI=1S/C22H21F2N5O/c1-25-21(30)15-5-2-4-14(10-15)18-7-8-19(29-28-18)27-13-22(11-16(23)12-22)20-17(24)6-3-9-26-20/h2-10,16H,11-13H2,1H3,(H,25,30)(H,27,29)/t16-,22-. The summed E-state index contributed by atoms with van der Waals surface area (Å²) >= 11 is 0. The van der Waals surface area contributed by atoms with Crippen molar-refractivity contribution < 1.29 is 13.6 Å². The van der Waals surface area contributed by atoms with E-state index in [-0.39, 0.29) is 24.4 Å². The van der Waals surface area contributed by atoms with E-state index in [9.17, 15) is 13.6 Å². The third-order valence-electron chi connectivity index (χ3n) is 5.41. The van der Waals surface area contributed by atoms with E-state index in [1.165, 1.54) is 18.3 Å². The van der Waals surface area contributed by atoms with Crippen LogP contribution in [0.2, 0.25) is 0 Å². The Morgan fingerprint density at radius 1 is 1.17 bits per heavy atom. The predicted molar refractivity (Wildman–Crippen MR) is 109 cm³/mol. The molecule has 2 N–H and O–H groups in total. The Kier molecular flexibility index (Phi) is 5.39. The molecule has 0 radical (unpaired) electrons. The third kappa shape index (κ3) is 3.85. The molecule has 0 saturated heterocycles. The molecule has 1 aromatic carbocycles. The Hall–Kier alpha value is -3.42. The smallest absolute Gasteiger partial charge is 0.251 e. The number of carbonyl (C=O) groups excluding carboxylic acids is 1. The molecule has 0 aliphatic heterocycles. The van der Waals surface area contributed by atoms with Crippen molar-refractivity contribution in [1.82, 2.24) is 20.5 Å². The van der Waals surface area contributed by atoms with Gasteiger partial charge < -0.3 is 10.6 Å². The van der Waals surface area contributed by atoms with Gasteiger partial charge in [0.25, 0.3) is 5.91 Å². The summed E-state index contributed by atoms with van der Waals surface area (Å²) in [5.74, 6) is -0.107. The molecular weight excluding hydrogens is 388 g/mol. The van der Waals surface area contributed by atoms with Crippen molar-refractivity contribution >= 4 is 11.7 Å². The molecule has 8 heteroatoms. The number of carbonyl (C=O) groups is 1. The van der Waals surface area contributed by atoms with Crippen LogP contribution in [0.5, 0.6) is 0 Å². The first-order chi connectivity index (χ1) is 14.5. The van der Waals surface area contributed by atoms with E-state index in [1.807, 2.05) is 6.07 Å². The number of halogens is 2. The summed E-state index contributed by atoms with van der Waals surface area (Å²) in [5, 5.41) is 14.1. The zero-order chi connectivity index (χ0) is 21.1. The maximum atomic E-state index is 14.2. The van der Waals surface area contributed by atoms with Crippen LogP contribution in [-0.4, -0.2) is 40.9 Å². The van der Waals surface area contributed by atoms with E-state index >= 15 is 0 Å². The predicted octanol–water partition coefficient (Wildman–Crippen LogP) is 3.52. The highest BCUT2D eigenvalue weighted by Gasteiger charge is 2.48. The van der Waals surface area contributed by atoms with Crippen molar-refractivity contribution in [3.63, 3.8) is 0 Å². The van der Waals surface area contributed by atoms with Gasteiger partial charge in [0.1, 0.15) is 17.8 Å². The lowest BCUT2D eigenvalue weighted by atomic mass is 9.65. The minimum absolute atomic E-state index is 0.179. The second-order valence-corrected chi connectivity index (χ2v) is 7.44. The molecule has 0 spiro atoms. The molecule has 3 aromatic rings. The molecule has 2 aromatic heterocycles. The van der Waals surface area contributed by atoms with Crippen molar-refractivity contribution in [3.05, 3.63) is 71.8 Å². The summed E-state index contributed by atoms with van der Waals surface area (Å²) in [6.07, 6.45) is 0.985. The second kappa shape index (κ2) is 8.14. The summed E-state index contributed by atoms with van der Waals surface area (Å²) in [5.41, 5.74) is 1.49. The zero-order valence-corrected chi connectivity index (χ0v) is 16.4. The molecule has 0 unspecified atom stereocenters. The number of aromatic nitrogens is 3. The van der Waals surface area contributed by atoms with Crippen LogP contribution in [0.1, 0.15) is 28.9 Å². The normalized spacial score (nSPS) is 20.3. The SMILES string of the molecule is CNC(=O)c1cccc(-c2ccc(NC[C@]3(c4ncccc4F)C[C@H](F)C3)nn2)c1. The highest BCUT2D eigenvalue weighted by molar-refractivity contribution is 5.95. The molecule has 0 bridgehead atoms. The van der Waals surface area contributed by atoms with Crippen LogP contribution >= 0.6 is 0 Å². The number of hydrogen-bond donors (Lipinski definition) is 2. The van der Waals surface area contributed by atoms with Crippen molar-refractivity contribution in [1.29, 1.82) is 0 Å². The van der Waals surface area contributed by atoms with Crippen LogP contribution in [0.4, 0.5) is 14.6 Å². The molecule has 0 atom stereocenters. The van der Waals surface area contributed by atoms with E-state index in [0.717, 1.165) is 5.56 Å². The van der Waals surface area contributed by atoms with Gasteiger partial charge >= 0.3 is 0 Å². The second-order valence-electron chi connectivity index (χ2n) is 7.44. The molecule has 1 aliphatic carbocycles. The van der Waals surface area contributed by atoms with Gasteiger partial charge in [-0.05, 0) is 49.2 Å². The number of hydrogen-bond acceptors (Lipinski definition) is 5. The molecule has 1 amide bonds. The highest BCUT2D eigenvalue weighted by Crippen LogP contribution is 2.45. The maximum absolute atomic E-state index is 14.2. The summed E-state index contributed by atoms with van der Waals surface area (Å²) < 4.78 is 27.9. The molecule has 6 nitrogen and oxygen atoms in total. The van der Waals surface area contributed by atoms with Crippen LogP contribution in [0.15, 0.2) is 54.7 Å². The fourth-order valence-corrected chi connectivity index (χ4v) is 3.79. The average Bonchev–Trinajstić information content (AvgIpc) is 2.76. The number of nitrogens with zero attached hydrogens (tertiary/aromatic N) is 3. The summed E-state index contributed by atoms with van der Waals surface area (Å²) in [4.78, 5) is 16.0. The monoisotopic (exact) mass is 409 g/mol. The number of benzene rings is 1. The molecule has 1 saturated carbocycles. The largest absolute Gasteiger partial charge is 0.368 e. The van der Waals surface area contributed by atoms with E-state index in [1.54, 1.807) is 37.4 Å². The number of amides is 1. The Bertz CT molecular complexity index is 1050. The lowest BCUT2D eigenvalue weighted by Gasteiger charge is -2.44. The van der Waals surface area contributed by atoms with E-state index in [0.29, 0.717) is 23.6 Å². The fraction of sp³-hybridized carbons (Fsp3) is 0.273. The minimum Gasteiger partial charge on any atom is -0.368 e. The van der Waals surface area contributed by atoms with Gasteiger partial charge in [-0.15, -0.1) is 10.2 Å². The van der Waals surface area contributed by atoms with Gasteiger partial charge in [-0.2, -0.15) is 0 Å². The first-order valence-electron chi connectivity index (χ1n) is 9.66. The van der Waals surface area contributed by atoms with Crippen LogP contribution in [0.3, 0.4) is 0 Å². The van der Waals surface area contributed by atoms with Gasteiger partial charge in [0.15, 0.2) is 0 Å². The van der Waals surface area contributed by atoms with Gasteiger partial charge in [-0.3, -0.25) is 9.78 Å². The van der Waals surface area contributed by atoms with Gasteiger partial charge in [-0.25, -0.2) is 8.78 Å². The summed E-state index contributed by atoms with van der Waals surface area (Å²) in [6.45, 7) is 0.307. The Morgan fingerprint density at radius 2 is 2.00 bits per heavy atom. The Balaban J connectivity index is 1.49. The molecule has 154 valence electrons. The van der Waals surface area contributed by atoms with Crippen LogP contribution in [0.25, 0.3) is 11.3 Å². The lowest BCUT2D eigenvalue weighted by Crippen LogP contribution is -2.49. The van der Waals surface area contributed by atoms with Crippen LogP contribution in [-0.2, 0) is 5.41 Å². The lowest BCUT2D eigenvalue weighted by molar-refractivity contribution is 0.0959. The van der Waals surface area contributed by atoms with Crippen LogP contribution in [0, 0.1) is 5.82 Å². The average molecular weight is 409 g/mol. The zero-order valence-electron chi connectivity index (χ0n) is 16.4. The number of alkyl halides is 1. The third-order valence-corrected chi connectivity index (χ3v) is 5.41. The fourth-order valence-electron chi connectivity index (χ4n) is 3.79. The van der Waals surface area contributed by atoms with Crippen molar-refractivity contribution in [2.75, 3.05) is 18.9 Å². The van der Waals surface area contributed by atoms with Crippen molar-refractivity contribution in [2.45, 2.75) is 24.4 Å². The first-order valence-corrected chi connectivity index (χ1v) is 9.66. The molecule has 30 heavy (non-hydrogen) atoms. The number of anilines is 1. The first kappa shape index (κ1) is 19.9. The quantitative estimate of drug-likeness (QED) is 0.651. The van der Waals surface area contributed by atoms with Crippen molar-refractivity contribution in [2.24, 2.45) is 0 Å². The maximum Gasteiger partial charge on any atom is 0.251 e. The molecule has 1 aliphatic rings. The number of rotatable bonds is 6. The summed E-state index contributed by atoms with van der Waals surface area (Å²) in [6, 6.07) is 13.5. The molecule has 4 rings (SSSR count). The number of nitrogens with one attached hydrogen (secondary N) is 2. The minimum atomic E-state index is -0.964. The molecular formula is C22H21F2N5O. The van der Waals surface area contributed by atoms with E-state index in [4.69, 9.17) is 0 Å².